The Bertz CT molecular complexity index is 1080. The molecule has 0 amide bonds. The number of fused-ring (bicyclic) bond motifs is 1. The molecule has 2 heterocycles. The maximum absolute atomic E-state index is 13.6. The Morgan fingerprint density at radius 1 is 0.839 bits per heavy atom. The van der Waals surface area contributed by atoms with Gasteiger partial charge in [-0.15, -0.1) is 0 Å². The Kier molecular flexibility index (Phi) is 5.03. The summed E-state index contributed by atoms with van der Waals surface area (Å²) in [5.41, 5.74) is 0.470. The molecule has 1 aromatic heterocycles. The van der Waals surface area contributed by atoms with Crippen LogP contribution in [0.15, 0.2) is 54.6 Å². The normalized spacial score (nSPS) is 14.2. The third kappa shape index (κ3) is 3.89. The van der Waals surface area contributed by atoms with E-state index >= 15 is 0 Å². The molecule has 1 aliphatic rings. The summed E-state index contributed by atoms with van der Waals surface area (Å²) >= 11 is 0. The lowest BCUT2D eigenvalue weighted by atomic mass is 10.1. The second-order valence-electron chi connectivity index (χ2n) is 6.90. The van der Waals surface area contributed by atoms with Crippen LogP contribution in [0.25, 0.3) is 11.3 Å². The number of aromatic nitrogens is 2. The maximum Gasteiger partial charge on any atom is 0.451 e. The van der Waals surface area contributed by atoms with Gasteiger partial charge in [-0.25, -0.2) is 9.97 Å². The summed E-state index contributed by atoms with van der Waals surface area (Å²) in [4.78, 5) is 10.8. The van der Waals surface area contributed by atoms with Gasteiger partial charge in [0.15, 0.2) is 5.82 Å². The largest absolute Gasteiger partial charge is 0.451 e. The first-order valence-corrected chi connectivity index (χ1v) is 9.34. The summed E-state index contributed by atoms with van der Waals surface area (Å²) < 4.78 is 79.4. The van der Waals surface area contributed by atoms with Gasteiger partial charge in [0, 0.05) is 17.8 Å². The minimum atomic E-state index is -4.79. The van der Waals surface area contributed by atoms with Crippen molar-refractivity contribution in [2.45, 2.75) is 19.3 Å². The molecule has 0 aliphatic carbocycles. The van der Waals surface area contributed by atoms with E-state index in [-0.39, 0.29) is 18.2 Å². The van der Waals surface area contributed by atoms with Crippen molar-refractivity contribution in [3.63, 3.8) is 0 Å². The average molecular weight is 438 g/mol. The van der Waals surface area contributed by atoms with E-state index in [4.69, 9.17) is 0 Å². The number of nitrogens with zero attached hydrogens (tertiary/aromatic N) is 4. The number of alkyl halides is 6. The molecule has 0 N–H and O–H groups in total. The van der Waals surface area contributed by atoms with Crippen LogP contribution in [0.2, 0.25) is 0 Å². The zero-order chi connectivity index (χ0) is 22.4. The van der Waals surface area contributed by atoms with E-state index < -0.39 is 23.7 Å². The van der Waals surface area contributed by atoms with Crippen molar-refractivity contribution in [3.8, 4) is 11.3 Å². The van der Waals surface area contributed by atoms with Gasteiger partial charge >= 0.3 is 12.4 Å². The third-order valence-electron chi connectivity index (χ3n) is 4.94. The van der Waals surface area contributed by atoms with Crippen molar-refractivity contribution in [2.24, 2.45) is 0 Å². The Morgan fingerprint density at radius 3 is 2.03 bits per heavy atom. The van der Waals surface area contributed by atoms with Crippen LogP contribution in [0.5, 0.6) is 0 Å². The lowest BCUT2D eigenvalue weighted by Crippen LogP contribution is -2.27. The van der Waals surface area contributed by atoms with Crippen LogP contribution < -0.4 is 9.80 Å². The second-order valence-corrected chi connectivity index (χ2v) is 6.90. The lowest BCUT2D eigenvalue weighted by Gasteiger charge is -2.20. The van der Waals surface area contributed by atoms with E-state index in [2.05, 4.69) is 9.97 Å². The fourth-order valence-corrected chi connectivity index (χ4v) is 3.45. The molecule has 0 spiro atoms. The van der Waals surface area contributed by atoms with Crippen LogP contribution in [-0.2, 0) is 12.4 Å². The van der Waals surface area contributed by atoms with Crippen molar-refractivity contribution in [1.29, 1.82) is 0 Å². The summed E-state index contributed by atoms with van der Waals surface area (Å²) in [5.74, 6) is -1.30. The minimum absolute atomic E-state index is 0.00258. The molecule has 0 fully saturated rings. The smallest absolute Gasteiger partial charge is 0.349 e. The standard InChI is InChI=1S/C21H16F6N4/c1-2-30-12-31(15-10-8-14(9-11-15)20(22,23)24)18-17(30)16(13-6-4-3-5-7-13)28-19(29-18)21(25,26)27/h3-11H,2,12H2,1H3. The monoisotopic (exact) mass is 438 g/mol. The predicted molar refractivity (Wildman–Crippen MR) is 104 cm³/mol. The molecule has 4 rings (SSSR count). The molecule has 10 heteroatoms. The molecular weight excluding hydrogens is 422 g/mol. The summed E-state index contributed by atoms with van der Waals surface area (Å²) in [5, 5.41) is 0. The van der Waals surface area contributed by atoms with Gasteiger partial charge in [0.05, 0.1) is 17.9 Å². The molecule has 1 aliphatic heterocycles. The van der Waals surface area contributed by atoms with Crippen LogP contribution in [0.3, 0.4) is 0 Å². The summed E-state index contributed by atoms with van der Waals surface area (Å²) in [6.07, 6.45) is -9.30. The average Bonchev–Trinajstić information content (AvgIpc) is 3.11. The number of hydrogen-bond acceptors (Lipinski definition) is 4. The molecule has 3 aromatic rings. The van der Waals surface area contributed by atoms with Crippen molar-refractivity contribution in [2.75, 3.05) is 23.0 Å². The molecule has 0 saturated carbocycles. The molecular formula is C21H16F6N4. The van der Waals surface area contributed by atoms with Gasteiger partial charge in [-0.05, 0) is 31.2 Å². The first kappa shape index (κ1) is 21.0. The fraction of sp³-hybridized carbons (Fsp3) is 0.238. The first-order chi connectivity index (χ1) is 14.6. The van der Waals surface area contributed by atoms with Crippen molar-refractivity contribution in [1.82, 2.24) is 9.97 Å². The highest BCUT2D eigenvalue weighted by Gasteiger charge is 2.40. The number of benzene rings is 2. The van der Waals surface area contributed by atoms with Crippen LogP contribution in [-0.4, -0.2) is 23.2 Å². The van der Waals surface area contributed by atoms with Gasteiger partial charge < -0.3 is 9.80 Å². The maximum atomic E-state index is 13.6. The molecule has 0 radical (unpaired) electrons. The highest BCUT2D eigenvalue weighted by Crippen LogP contribution is 2.46. The van der Waals surface area contributed by atoms with E-state index in [1.165, 1.54) is 17.0 Å². The molecule has 31 heavy (non-hydrogen) atoms. The number of halogens is 6. The zero-order valence-electron chi connectivity index (χ0n) is 16.2. The van der Waals surface area contributed by atoms with Crippen molar-refractivity contribution in [3.05, 3.63) is 66.0 Å². The first-order valence-electron chi connectivity index (χ1n) is 9.34. The summed E-state index contributed by atoms with van der Waals surface area (Å²) in [6, 6.07) is 12.7. The van der Waals surface area contributed by atoms with Gasteiger partial charge in [-0.3, -0.25) is 0 Å². The Hall–Kier alpha value is -3.30. The second kappa shape index (κ2) is 7.44. The van der Waals surface area contributed by atoms with Crippen molar-refractivity contribution < 1.29 is 26.3 Å². The van der Waals surface area contributed by atoms with E-state index in [0.717, 1.165) is 12.1 Å². The summed E-state index contributed by atoms with van der Waals surface area (Å²) in [6.45, 7) is 2.40. The van der Waals surface area contributed by atoms with E-state index in [1.54, 1.807) is 35.2 Å². The lowest BCUT2D eigenvalue weighted by molar-refractivity contribution is -0.144. The zero-order valence-corrected chi connectivity index (χ0v) is 16.2. The molecule has 4 nitrogen and oxygen atoms in total. The quantitative estimate of drug-likeness (QED) is 0.462. The number of hydrogen-bond donors (Lipinski definition) is 0. The van der Waals surface area contributed by atoms with Gasteiger partial charge in [0.2, 0.25) is 5.82 Å². The molecule has 162 valence electrons. The Balaban J connectivity index is 1.90. The Morgan fingerprint density at radius 2 is 1.48 bits per heavy atom. The van der Waals surface area contributed by atoms with Crippen molar-refractivity contribution >= 4 is 17.2 Å². The van der Waals surface area contributed by atoms with Crippen LogP contribution >= 0.6 is 0 Å². The highest BCUT2D eigenvalue weighted by atomic mass is 19.4. The number of rotatable bonds is 3. The topological polar surface area (TPSA) is 32.3 Å². The van der Waals surface area contributed by atoms with Gasteiger partial charge in [0.1, 0.15) is 5.69 Å². The van der Waals surface area contributed by atoms with Crippen LogP contribution in [0.4, 0.5) is 43.5 Å². The molecule has 0 unspecified atom stereocenters. The van der Waals surface area contributed by atoms with E-state index in [9.17, 15) is 26.3 Å². The van der Waals surface area contributed by atoms with Crippen LogP contribution in [0, 0.1) is 0 Å². The molecule has 2 aromatic carbocycles. The minimum Gasteiger partial charge on any atom is -0.349 e. The Labute approximate surface area is 173 Å². The summed E-state index contributed by atoms with van der Waals surface area (Å²) in [7, 11) is 0. The van der Waals surface area contributed by atoms with Gasteiger partial charge in [-0.1, -0.05) is 30.3 Å². The molecule has 0 atom stereocenters. The molecule has 0 saturated heterocycles. The molecule has 0 bridgehead atoms. The van der Waals surface area contributed by atoms with Gasteiger partial charge in [0.25, 0.3) is 0 Å². The van der Waals surface area contributed by atoms with E-state index in [1.807, 2.05) is 6.92 Å². The SMILES string of the molecule is CCN1CN(c2ccc(C(F)(F)F)cc2)c2nc(C(F)(F)F)nc(-c3ccccc3)c21. The van der Waals surface area contributed by atoms with Crippen LogP contribution in [0.1, 0.15) is 18.3 Å². The third-order valence-corrected chi connectivity index (χ3v) is 4.94. The number of anilines is 3. The van der Waals surface area contributed by atoms with Gasteiger partial charge in [-0.2, -0.15) is 26.3 Å². The highest BCUT2D eigenvalue weighted by molar-refractivity contribution is 5.89. The van der Waals surface area contributed by atoms with E-state index in [0.29, 0.717) is 23.5 Å². The predicted octanol–water partition coefficient (Wildman–Crippen LogP) is 6.12. The fourth-order valence-electron chi connectivity index (χ4n) is 3.45.